The van der Waals surface area contributed by atoms with E-state index in [9.17, 15) is 24.3 Å². The summed E-state index contributed by atoms with van der Waals surface area (Å²) in [7, 11) is 1.48. The Morgan fingerprint density at radius 3 is 2.35 bits per heavy atom. The summed E-state index contributed by atoms with van der Waals surface area (Å²) >= 11 is 0. The molecule has 10 nitrogen and oxygen atoms in total. The Labute approximate surface area is 234 Å². The normalized spacial score (nSPS) is 18.1. The fraction of sp³-hybridized carbons (Fsp3) is 0.400. The lowest BCUT2D eigenvalue weighted by atomic mass is 9.80. The van der Waals surface area contributed by atoms with Crippen LogP contribution in [0.1, 0.15) is 50.8 Å². The molecule has 1 aliphatic rings. The molecule has 0 aromatic heterocycles. The van der Waals surface area contributed by atoms with Gasteiger partial charge in [0, 0.05) is 37.4 Å². The molecule has 1 saturated heterocycles. The quantitative estimate of drug-likeness (QED) is 0.355. The Kier molecular flexibility index (Phi) is 9.91. The summed E-state index contributed by atoms with van der Waals surface area (Å²) in [5, 5.41) is 18.5. The largest absolute Gasteiger partial charge is 0.413 e. The summed E-state index contributed by atoms with van der Waals surface area (Å²) in [6, 6.07) is 12.9. The first-order valence-electron chi connectivity index (χ1n) is 13.0. The van der Waals surface area contributed by atoms with Gasteiger partial charge in [-0.3, -0.25) is 14.4 Å². The average molecular weight is 549 g/mol. The monoisotopic (exact) mass is 548 g/mol. The van der Waals surface area contributed by atoms with Gasteiger partial charge in [-0.1, -0.05) is 50.1 Å². The van der Waals surface area contributed by atoms with Gasteiger partial charge in [0.15, 0.2) is 0 Å². The van der Waals surface area contributed by atoms with Crippen LogP contribution >= 0.6 is 0 Å². The highest BCUT2D eigenvalue weighted by Gasteiger charge is 2.46. The van der Waals surface area contributed by atoms with E-state index < -0.39 is 47.6 Å². The molecule has 4 N–H and O–H groups in total. The average Bonchev–Trinajstić information content (AvgIpc) is 3.33. The maximum absolute atomic E-state index is 14.0. The van der Waals surface area contributed by atoms with Crippen LogP contribution in [0.5, 0.6) is 5.75 Å². The zero-order chi connectivity index (χ0) is 29.4. The number of nitrogens with one attached hydrogen (secondary N) is 3. The van der Waals surface area contributed by atoms with E-state index in [0.29, 0.717) is 5.56 Å². The summed E-state index contributed by atoms with van der Waals surface area (Å²) in [4.78, 5) is 53.7. The first-order valence-corrected chi connectivity index (χ1v) is 13.0. The van der Waals surface area contributed by atoms with Crippen LogP contribution in [0, 0.1) is 17.8 Å². The lowest BCUT2D eigenvalue weighted by Gasteiger charge is -2.37. The van der Waals surface area contributed by atoms with Gasteiger partial charge in [-0.05, 0) is 36.8 Å². The van der Waals surface area contributed by atoms with Crippen molar-refractivity contribution in [2.24, 2.45) is 5.41 Å². The van der Waals surface area contributed by atoms with E-state index in [1.54, 1.807) is 63.2 Å². The molecule has 0 spiro atoms. The second-order valence-corrected chi connectivity index (χ2v) is 10.5. The van der Waals surface area contributed by atoms with Gasteiger partial charge in [-0.2, -0.15) is 0 Å². The van der Waals surface area contributed by atoms with Crippen LogP contribution < -0.4 is 20.7 Å². The highest BCUT2D eigenvalue weighted by Crippen LogP contribution is 2.30. The Morgan fingerprint density at radius 1 is 1.10 bits per heavy atom. The van der Waals surface area contributed by atoms with E-state index in [-0.39, 0.29) is 31.0 Å². The Morgan fingerprint density at radius 2 is 1.75 bits per heavy atom. The van der Waals surface area contributed by atoms with Crippen LogP contribution in [0.25, 0.3) is 0 Å². The number of terminal acetylenes is 1. The number of amides is 4. The number of β-amino-alcohol motifs (C(OH)–C–C–N with tert-alkyl or cyclic N) is 1. The number of likely N-dealkylation sites (tertiary alicyclic amines) is 1. The van der Waals surface area contributed by atoms with Crippen LogP contribution in [-0.2, 0) is 14.4 Å². The Balaban J connectivity index is 1.82. The topological polar surface area (TPSA) is 137 Å². The third kappa shape index (κ3) is 7.61. The van der Waals surface area contributed by atoms with Crippen molar-refractivity contribution >= 4 is 23.8 Å². The second-order valence-electron chi connectivity index (χ2n) is 10.5. The molecule has 10 heteroatoms. The summed E-state index contributed by atoms with van der Waals surface area (Å²) < 4.78 is 5.34. The van der Waals surface area contributed by atoms with Crippen molar-refractivity contribution < 1.29 is 29.0 Å². The lowest BCUT2D eigenvalue weighted by Crippen LogP contribution is -2.59. The predicted molar refractivity (Wildman–Crippen MR) is 149 cm³/mol. The van der Waals surface area contributed by atoms with Crippen molar-refractivity contribution in [3.8, 4) is 18.1 Å². The summed E-state index contributed by atoms with van der Waals surface area (Å²) in [5.74, 6) is 1.42. The molecular weight excluding hydrogens is 512 g/mol. The van der Waals surface area contributed by atoms with Gasteiger partial charge >= 0.3 is 6.09 Å². The van der Waals surface area contributed by atoms with Gasteiger partial charge in [0.2, 0.25) is 17.7 Å². The van der Waals surface area contributed by atoms with Gasteiger partial charge < -0.3 is 30.7 Å². The van der Waals surface area contributed by atoms with E-state index >= 15 is 0 Å². The van der Waals surface area contributed by atoms with Crippen molar-refractivity contribution in [1.29, 1.82) is 0 Å². The Bertz CT molecular complexity index is 1260. The number of nitrogens with zero attached hydrogens (tertiary/aromatic N) is 1. The molecule has 2 aromatic rings. The number of carbonyl (C=O) groups excluding carboxylic acids is 4. The zero-order valence-corrected chi connectivity index (χ0v) is 23.1. The van der Waals surface area contributed by atoms with E-state index in [0.717, 1.165) is 5.56 Å². The lowest BCUT2D eigenvalue weighted by molar-refractivity contribution is -0.143. The summed E-state index contributed by atoms with van der Waals surface area (Å²) in [6.45, 7) is 5.02. The molecular formula is C30H36N4O6. The maximum atomic E-state index is 14.0. The van der Waals surface area contributed by atoms with E-state index in [1.165, 1.54) is 11.9 Å². The maximum Gasteiger partial charge on any atom is 0.413 e. The van der Waals surface area contributed by atoms with Crippen LogP contribution in [0.4, 0.5) is 4.79 Å². The minimum atomic E-state index is -1.24. The van der Waals surface area contributed by atoms with Crippen molar-refractivity contribution in [1.82, 2.24) is 20.9 Å². The third-order valence-corrected chi connectivity index (χ3v) is 6.94. The molecule has 1 fully saturated rings. The van der Waals surface area contributed by atoms with E-state index in [2.05, 4.69) is 21.9 Å². The van der Waals surface area contributed by atoms with Crippen molar-refractivity contribution in [3.63, 3.8) is 0 Å². The first-order chi connectivity index (χ1) is 18.9. The van der Waals surface area contributed by atoms with Gasteiger partial charge in [-0.15, -0.1) is 6.42 Å². The van der Waals surface area contributed by atoms with Crippen molar-refractivity contribution in [2.75, 3.05) is 13.6 Å². The molecule has 1 aliphatic heterocycles. The minimum Gasteiger partial charge on any atom is -0.410 e. The third-order valence-electron chi connectivity index (χ3n) is 6.94. The SMILES string of the molecule is C#Cc1ccc([C@H](C)NC(=O)[C@@H]2C[C@@H](O)CN2C(=O)[C@H](NC(=O)Oc2ccccc2)C(C)(C)CC(=O)NC)cc1. The number of aliphatic hydroxyl groups excluding tert-OH is 1. The van der Waals surface area contributed by atoms with Crippen LogP contribution in [0.2, 0.25) is 0 Å². The molecule has 4 amide bonds. The molecule has 40 heavy (non-hydrogen) atoms. The summed E-state index contributed by atoms with van der Waals surface area (Å²) in [5.41, 5.74) is 0.452. The van der Waals surface area contributed by atoms with Crippen molar-refractivity contribution in [3.05, 3.63) is 65.7 Å². The van der Waals surface area contributed by atoms with Crippen LogP contribution in [0.3, 0.4) is 0 Å². The number of aliphatic hydroxyl groups is 1. The molecule has 0 bridgehead atoms. The molecule has 2 aromatic carbocycles. The molecule has 0 radical (unpaired) electrons. The number of ether oxygens (including phenoxy) is 1. The zero-order valence-electron chi connectivity index (χ0n) is 23.1. The van der Waals surface area contributed by atoms with Gasteiger partial charge in [0.25, 0.3) is 0 Å². The number of para-hydroxylation sites is 1. The van der Waals surface area contributed by atoms with Crippen molar-refractivity contribution in [2.45, 2.75) is 57.8 Å². The minimum absolute atomic E-state index is 0.0252. The van der Waals surface area contributed by atoms with Crippen LogP contribution in [-0.4, -0.2) is 65.6 Å². The standard InChI is InChI=1S/C30H36N4O6/c1-6-20-12-14-21(15-13-20)19(2)32-27(37)24-16-22(35)18-34(24)28(38)26(30(3,4)17-25(36)31-5)33-29(39)40-23-10-8-7-9-11-23/h1,7-15,19,22,24,26,35H,16-18H2,2-5H3,(H,31,36)(H,32,37)(H,33,39)/t19-,22+,24-,26-/m0/s1. The van der Waals surface area contributed by atoms with E-state index in [1.807, 2.05) is 12.1 Å². The van der Waals surface area contributed by atoms with Crippen LogP contribution in [0.15, 0.2) is 54.6 Å². The second kappa shape index (κ2) is 13.1. The fourth-order valence-electron chi connectivity index (χ4n) is 4.67. The highest BCUT2D eigenvalue weighted by molar-refractivity contribution is 5.93. The number of hydrogen-bond acceptors (Lipinski definition) is 6. The number of benzene rings is 2. The van der Waals surface area contributed by atoms with Gasteiger partial charge in [0.1, 0.15) is 17.8 Å². The molecule has 0 aliphatic carbocycles. The number of carbonyl (C=O) groups is 4. The summed E-state index contributed by atoms with van der Waals surface area (Å²) in [6.07, 6.45) is 3.52. The first kappa shape index (κ1) is 30.2. The predicted octanol–water partition coefficient (Wildman–Crippen LogP) is 2.13. The number of hydrogen-bond donors (Lipinski definition) is 4. The Hall–Kier alpha value is -4.36. The molecule has 0 unspecified atom stereocenters. The van der Waals surface area contributed by atoms with Gasteiger partial charge in [-0.25, -0.2) is 4.79 Å². The molecule has 212 valence electrons. The number of rotatable bonds is 9. The fourth-order valence-corrected chi connectivity index (χ4v) is 4.67. The van der Waals surface area contributed by atoms with E-state index in [4.69, 9.17) is 11.2 Å². The molecule has 3 rings (SSSR count). The highest BCUT2D eigenvalue weighted by atomic mass is 16.6. The molecule has 0 saturated carbocycles. The molecule has 1 heterocycles. The van der Waals surface area contributed by atoms with Gasteiger partial charge in [0.05, 0.1) is 12.1 Å². The smallest absolute Gasteiger partial charge is 0.410 e. The molecule has 4 atom stereocenters.